The van der Waals surface area contributed by atoms with Crippen LogP contribution in [-0.4, -0.2) is 9.97 Å². The Morgan fingerprint density at radius 2 is 1.00 bits per heavy atom. The van der Waals surface area contributed by atoms with Crippen molar-refractivity contribution in [2.24, 2.45) is 0 Å². The van der Waals surface area contributed by atoms with Crippen LogP contribution in [-0.2, 0) is 0 Å². The van der Waals surface area contributed by atoms with Crippen molar-refractivity contribution in [2.45, 2.75) is 0 Å². The molecule has 11 aromatic rings. The molecule has 2 aromatic heterocycles. The van der Waals surface area contributed by atoms with Crippen LogP contribution in [0.3, 0.4) is 0 Å². The van der Waals surface area contributed by atoms with Crippen LogP contribution in [0.2, 0.25) is 0 Å². The largest absolute Gasteiger partial charge is 0.455 e. The molecule has 0 aliphatic heterocycles. The van der Waals surface area contributed by atoms with Crippen molar-refractivity contribution in [1.82, 2.24) is 9.97 Å². The summed E-state index contributed by atoms with van der Waals surface area (Å²) in [7, 11) is 0. The topological polar surface area (TPSA) is 38.9 Å². The van der Waals surface area contributed by atoms with Gasteiger partial charge in [0.2, 0.25) is 0 Å². The third-order valence-electron chi connectivity index (χ3n) is 10.4. The van der Waals surface area contributed by atoms with Gasteiger partial charge in [-0.3, -0.25) is 0 Å². The van der Waals surface area contributed by atoms with Crippen molar-refractivity contribution in [2.75, 3.05) is 0 Å². The van der Waals surface area contributed by atoms with Crippen molar-refractivity contribution in [1.29, 1.82) is 0 Å². The van der Waals surface area contributed by atoms with Crippen LogP contribution in [0.4, 0.5) is 0 Å². The molecular formula is C48H28N2O. The van der Waals surface area contributed by atoms with E-state index in [9.17, 15) is 0 Å². The lowest BCUT2D eigenvalue weighted by atomic mass is 9.89. The predicted octanol–water partition coefficient (Wildman–Crippen LogP) is 13.1. The highest BCUT2D eigenvalue weighted by Gasteiger charge is 2.21. The summed E-state index contributed by atoms with van der Waals surface area (Å²) >= 11 is 0. The van der Waals surface area contributed by atoms with E-state index in [1.165, 1.54) is 26.9 Å². The molecule has 2 heterocycles. The number of nitrogens with zero attached hydrogens (tertiary/aromatic N) is 2. The molecule has 0 bridgehead atoms. The van der Waals surface area contributed by atoms with Gasteiger partial charge in [-0.1, -0.05) is 146 Å². The number of rotatable bonds is 3. The van der Waals surface area contributed by atoms with E-state index >= 15 is 0 Å². The van der Waals surface area contributed by atoms with Crippen molar-refractivity contribution < 1.29 is 4.42 Å². The Balaban J connectivity index is 1.23. The number of fused-ring (bicyclic) bond motifs is 13. The highest BCUT2D eigenvalue weighted by molar-refractivity contribution is 6.34. The van der Waals surface area contributed by atoms with Crippen LogP contribution in [0, 0.1) is 0 Å². The van der Waals surface area contributed by atoms with E-state index in [1.54, 1.807) is 0 Å². The van der Waals surface area contributed by atoms with Crippen LogP contribution in [0.25, 0.3) is 110 Å². The molecule has 0 aliphatic rings. The quantitative estimate of drug-likeness (QED) is 0.179. The molecule has 3 nitrogen and oxygen atoms in total. The van der Waals surface area contributed by atoms with Crippen LogP contribution in [0.15, 0.2) is 174 Å². The highest BCUT2D eigenvalue weighted by atomic mass is 16.3. The first-order valence-corrected chi connectivity index (χ1v) is 17.3. The average Bonchev–Trinajstić information content (AvgIpc) is 3.60. The minimum Gasteiger partial charge on any atom is -0.455 e. The van der Waals surface area contributed by atoms with Gasteiger partial charge < -0.3 is 4.42 Å². The van der Waals surface area contributed by atoms with Gasteiger partial charge in [-0.2, -0.15) is 0 Å². The molecule has 0 aliphatic carbocycles. The van der Waals surface area contributed by atoms with Gasteiger partial charge in [-0.15, -0.1) is 0 Å². The summed E-state index contributed by atoms with van der Waals surface area (Å²) in [4.78, 5) is 10.6. The zero-order valence-electron chi connectivity index (χ0n) is 27.5. The Morgan fingerprint density at radius 3 is 1.82 bits per heavy atom. The summed E-state index contributed by atoms with van der Waals surface area (Å²) in [5.74, 6) is 0.699. The second-order valence-electron chi connectivity index (χ2n) is 13.3. The van der Waals surface area contributed by atoms with E-state index in [2.05, 4.69) is 158 Å². The predicted molar refractivity (Wildman–Crippen MR) is 213 cm³/mol. The summed E-state index contributed by atoms with van der Waals surface area (Å²) in [6, 6.07) is 60.1. The monoisotopic (exact) mass is 648 g/mol. The second kappa shape index (κ2) is 10.8. The fourth-order valence-corrected chi connectivity index (χ4v) is 8.13. The molecule has 0 atom stereocenters. The Labute approximate surface area is 293 Å². The van der Waals surface area contributed by atoms with Gasteiger partial charge in [0.25, 0.3) is 0 Å². The van der Waals surface area contributed by atoms with Crippen molar-refractivity contribution in [3.05, 3.63) is 170 Å². The van der Waals surface area contributed by atoms with E-state index in [0.717, 1.165) is 76.9 Å². The first-order chi connectivity index (χ1) is 25.3. The normalized spacial score (nSPS) is 11.9. The van der Waals surface area contributed by atoms with E-state index in [4.69, 9.17) is 14.4 Å². The molecule has 9 aromatic carbocycles. The summed E-state index contributed by atoms with van der Waals surface area (Å²) in [6.45, 7) is 0. The van der Waals surface area contributed by atoms with Crippen molar-refractivity contribution in [3.63, 3.8) is 0 Å². The molecule has 0 radical (unpaired) electrons. The number of aromatic nitrogens is 2. The molecule has 0 N–H and O–H groups in total. The molecule has 0 fully saturated rings. The Morgan fingerprint density at radius 1 is 0.373 bits per heavy atom. The van der Waals surface area contributed by atoms with E-state index in [1.807, 2.05) is 12.1 Å². The maximum atomic E-state index is 6.83. The summed E-state index contributed by atoms with van der Waals surface area (Å²) in [5.41, 5.74) is 7.92. The first-order valence-electron chi connectivity index (χ1n) is 17.3. The van der Waals surface area contributed by atoms with Crippen LogP contribution in [0.5, 0.6) is 0 Å². The fraction of sp³-hybridized carbons (Fsp3) is 0. The van der Waals surface area contributed by atoms with Crippen LogP contribution < -0.4 is 0 Å². The second-order valence-corrected chi connectivity index (χ2v) is 13.3. The van der Waals surface area contributed by atoms with Crippen LogP contribution >= 0.6 is 0 Å². The molecule has 0 saturated carbocycles. The maximum Gasteiger partial charge on any atom is 0.160 e. The summed E-state index contributed by atoms with van der Waals surface area (Å²) in [6.07, 6.45) is 0. The van der Waals surface area contributed by atoms with Gasteiger partial charge in [-0.05, 0) is 67.7 Å². The number of hydrogen-bond donors (Lipinski definition) is 0. The van der Waals surface area contributed by atoms with E-state index < -0.39 is 0 Å². The van der Waals surface area contributed by atoms with E-state index in [0.29, 0.717) is 5.82 Å². The van der Waals surface area contributed by atoms with Gasteiger partial charge >= 0.3 is 0 Å². The Hall–Kier alpha value is -6.84. The number of hydrogen-bond acceptors (Lipinski definition) is 3. The third kappa shape index (κ3) is 4.19. The molecule has 0 unspecified atom stereocenters. The molecule has 0 spiro atoms. The van der Waals surface area contributed by atoms with Gasteiger partial charge in [0, 0.05) is 38.1 Å². The van der Waals surface area contributed by atoms with E-state index in [-0.39, 0.29) is 0 Å². The number of furan rings is 1. The minimum atomic E-state index is 0.699. The van der Waals surface area contributed by atoms with Gasteiger partial charge in [-0.25, -0.2) is 9.97 Å². The zero-order valence-corrected chi connectivity index (χ0v) is 27.5. The van der Waals surface area contributed by atoms with Crippen LogP contribution in [0.1, 0.15) is 0 Å². The average molecular weight is 649 g/mol. The number of benzene rings is 9. The summed E-state index contributed by atoms with van der Waals surface area (Å²) in [5, 5.41) is 12.7. The van der Waals surface area contributed by atoms with Crippen molar-refractivity contribution >= 4 is 75.9 Å². The Bertz CT molecular complexity index is 3190. The molecule has 3 heteroatoms. The highest BCUT2D eigenvalue weighted by Crippen LogP contribution is 2.46. The lowest BCUT2D eigenvalue weighted by Crippen LogP contribution is -1.96. The number of para-hydroxylation sites is 1. The van der Waals surface area contributed by atoms with Gasteiger partial charge in [0.1, 0.15) is 11.2 Å². The fourth-order valence-electron chi connectivity index (χ4n) is 8.13. The lowest BCUT2D eigenvalue weighted by Gasteiger charge is -2.14. The lowest BCUT2D eigenvalue weighted by molar-refractivity contribution is 0.673. The van der Waals surface area contributed by atoms with Gasteiger partial charge in [0.05, 0.1) is 11.2 Å². The minimum absolute atomic E-state index is 0.699. The Kier molecular flexibility index (Phi) is 5.96. The first kappa shape index (κ1) is 28.0. The maximum absolute atomic E-state index is 6.83. The van der Waals surface area contributed by atoms with Crippen molar-refractivity contribution in [3.8, 4) is 33.8 Å². The third-order valence-corrected chi connectivity index (χ3v) is 10.4. The molecule has 236 valence electrons. The zero-order chi connectivity index (χ0) is 33.5. The standard InChI is InChI=1S/C48H28N2O/c1-2-14-30(15-3-1)45-39-26-25-29-13-4-5-18-33(29)46(39)50-48(49-45)32-17-12-16-31(27-32)40-28-41-36-21-7-6-19-34(36)35-20-8-9-22-37(35)43(41)47-44(40)38-23-10-11-24-42(38)51-47/h1-28H. The summed E-state index contributed by atoms with van der Waals surface area (Å²) < 4.78 is 6.83. The molecule has 0 amide bonds. The molecular weight excluding hydrogens is 621 g/mol. The molecule has 11 rings (SSSR count). The SMILES string of the molecule is c1ccc(-c2nc(-c3cccc(-c4cc5c6ccccc6c6ccccc6c5c5oc6ccccc6c45)c3)nc3c2ccc2ccccc23)cc1. The molecule has 0 saturated heterocycles. The smallest absolute Gasteiger partial charge is 0.160 e. The van der Waals surface area contributed by atoms with Gasteiger partial charge in [0.15, 0.2) is 5.82 Å². The molecule has 51 heavy (non-hydrogen) atoms.